The average molecular weight is 210 g/mol. The first-order valence-corrected chi connectivity index (χ1v) is 6.23. The van der Waals surface area contributed by atoms with E-state index in [1.165, 1.54) is 12.8 Å². The lowest BCUT2D eigenvalue weighted by atomic mass is 10.1. The van der Waals surface area contributed by atoms with Gasteiger partial charge in [-0.1, -0.05) is 26.7 Å². The smallest absolute Gasteiger partial charge is 0.241 e. The molecule has 2 fully saturated rings. The molecule has 0 aromatic rings. The Hall–Kier alpha value is -0.570. The molecule has 1 aliphatic heterocycles. The summed E-state index contributed by atoms with van der Waals surface area (Å²) in [6.07, 6.45) is 4.74. The van der Waals surface area contributed by atoms with Crippen LogP contribution >= 0.6 is 0 Å². The predicted molar refractivity (Wildman–Crippen MR) is 60.3 cm³/mol. The molecule has 1 saturated heterocycles. The SMILES string of the molecule is CCCCC1NC(C)N(C2CC2C)C1=O. The Morgan fingerprint density at radius 2 is 2.13 bits per heavy atom. The maximum absolute atomic E-state index is 12.1. The molecule has 0 aromatic heterocycles. The Kier molecular flexibility index (Phi) is 3.01. The molecule has 2 rings (SSSR count). The van der Waals surface area contributed by atoms with Gasteiger partial charge in [0.25, 0.3) is 0 Å². The largest absolute Gasteiger partial charge is 0.323 e. The average Bonchev–Trinajstić information content (AvgIpc) is 2.82. The molecule has 4 atom stereocenters. The minimum atomic E-state index is 0.0905. The molecule has 86 valence electrons. The van der Waals surface area contributed by atoms with Crippen molar-refractivity contribution in [3.05, 3.63) is 0 Å². The van der Waals surface area contributed by atoms with Crippen LogP contribution < -0.4 is 5.32 Å². The summed E-state index contributed by atoms with van der Waals surface area (Å²) in [6.45, 7) is 6.50. The Morgan fingerprint density at radius 1 is 1.47 bits per heavy atom. The summed E-state index contributed by atoms with van der Waals surface area (Å²) in [7, 11) is 0. The molecule has 4 unspecified atom stereocenters. The van der Waals surface area contributed by atoms with Crippen LogP contribution in [-0.4, -0.2) is 29.1 Å². The zero-order chi connectivity index (χ0) is 11.0. The lowest BCUT2D eigenvalue weighted by Crippen LogP contribution is -2.37. The molecule has 3 heteroatoms. The van der Waals surface area contributed by atoms with Gasteiger partial charge in [-0.05, 0) is 25.7 Å². The molecule has 2 aliphatic rings. The van der Waals surface area contributed by atoms with E-state index in [4.69, 9.17) is 0 Å². The van der Waals surface area contributed by atoms with Crippen LogP contribution in [0.5, 0.6) is 0 Å². The van der Waals surface area contributed by atoms with E-state index < -0.39 is 0 Å². The molecule has 1 aliphatic carbocycles. The summed E-state index contributed by atoms with van der Waals surface area (Å²) in [6, 6.07) is 0.611. The Labute approximate surface area is 92.2 Å². The summed E-state index contributed by atoms with van der Waals surface area (Å²) in [4.78, 5) is 14.2. The molecule has 0 bridgehead atoms. The predicted octanol–water partition coefficient (Wildman–Crippen LogP) is 1.73. The molecular weight excluding hydrogens is 188 g/mol. The van der Waals surface area contributed by atoms with Gasteiger partial charge < -0.3 is 4.90 Å². The van der Waals surface area contributed by atoms with Crippen LogP contribution in [0.1, 0.15) is 46.5 Å². The van der Waals surface area contributed by atoms with Crippen LogP contribution in [0.3, 0.4) is 0 Å². The highest BCUT2D eigenvalue weighted by Gasteiger charge is 2.47. The number of hydrogen-bond donors (Lipinski definition) is 1. The van der Waals surface area contributed by atoms with Gasteiger partial charge in [-0.2, -0.15) is 0 Å². The Morgan fingerprint density at radius 3 is 2.67 bits per heavy atom. The molecule has 1 saturated carbocycles. The van der Waals surface area contributed by atoms with Gasteiger partial charge >= 0.3 is 0 Å². The Balaban J connectivity index is 1.94. The van der Waals surface area contributed by atoms with E-state index in [0.717, 1.165) is 12.8 Å². The second-order valence-electron chi connectivity index (χ2n) is 5.06. The zero-order valence-electron chi connectivity index (χ0n) is 9.99. The number of carbonyl (C=O) groups is 1. The summed E-state index contributed by atoms with van der Waals surface area (Å²) in [5.74, 6) is 1.05. The van der Waals surface area contributed by atoms with E-state index in [1.54, 1.807) is 0 Å². The van der Waals surface area contributed by atoms with Gasteiger partial charge in [0.2, 0.25) is 5.91 Å². The molecule has 0 radical (unpaired) electrons. The van der Waals surface area contributed by atoms with Gasteiger partial charge in [0.05, 0.1) is 12.2 Å². The first kappa shape index (κ1) is 10.9. The number of rotatable bonds is 4. The summed E-state index contributed by atoms with van der Waals surface area (Å²) < 4.78 is 0. The number of carbonyl (C=O) groups excluding carboxylic acids is 1. The van der Waals surface area contributed by atoms with E-state index >= 15 is 0 Å². The van der Waals surface area contributed by atoms with Crippen molar-refractivity contribution in [3.63, 3.8) is 0 Å². The highest BCUT2D eigenvalue weighted by Crippen LogP contribution is 2.38. The molecule has 15 heavy (non-hydrogen) atoms. The number of unbranched alkanes of at least 4 members (excludes halogenated alkanes) is 1. The number of nitrogens with zero attached hydrogens (tertiary/aromatic N) is 1. The fourth-order valence-electron chi connectivity index (χ4n) is 2.57. The van der Waals surface area contributed by atoms with Gasteiger partial charge in [0.15, 0.2) is 0 Å². The first-order chi connectivity index (χ1) is 7.15. The standard InChI is InChI=1S/C12H22N2O/c1-4-5-6-10-12(15)14(9(3)13-10)11-7-8(11)2/h8-11,13H,4-7H2,1-3H3. The topological polar surface area (TPSA) is 32.3 Å². The van der Waals surface area contributed by atoms with Crippen molar-refractivity contribution in [1.29, 1.82) is 0 Å². The quantitative estimate of drug-likeness (QED) is 0.766. The lowest BCUT2D eigenvalue weighted by molar-refractivity contribution is -0.130. The van der Waals surface area contributed by atoms with E-state index in [9.17, 15) is 4.79 Å². The third kappa shape index (κ3) is 2.03. The van der Waals surface area contributed by atoms with Gasteiger partial charge in [-0.25, -0.2) is 0 Å². The van der Waals surface area contributed by atoms with Crippen molar-refractivity contribution >= 4 is 5.91 Å². The molecule has 3 nitrogen and oxygen atoms in total. The zero-order valence-corrected chi connectivity index (χ0v) is 9.99. The van der Waals surface area contributed by atoms with Crippen molar-refractivity contribution in [2.45, 2.75) is 64.7 Å². The maximum atomic E-state index is 12.1. The van der Waals surface area contributed by atoms with Crippen LogP contribution in [0.15, 0.2) is 0 Å². The highest BCUT2D eigenvalue weighted by atomic mass is 16.2. The molecule has 0 aromatic carbocycles. The minimum Gasteiger partial charge on any atom is -0.323 e. The van der Waals surface area contributed by atoms with E-state index in [2.05, 4.69) is 31.0 Å². The van der Waals surface area contributed by atoms with Gasteiger partial charge in [0, 0.05) is 6.04 Å². The van der Waals surface area contributed by atoms with Crippen LogP contribution in [0, 0.1) is 5.92 Å². The highest BCUT2D eigenvalue weighted by molar-refractivity contribution is 5.84. The molecule has 1 heterocycles. The first-order valence-electron chi connectivity index (χ1n) is 6.23. The van der Waals surface area contributed by atoms with Crippen molar-refractivity contribution in [3.8, 4) is 0 Å². The maximum Gasteiger partial charge on any atom is 0.241 e. The van der Waals surface area contributed by atoms with E-state index in [1.807, 2.05) is 0 Å². The van der Waals surface area contributed by atoms with Crippen molar-refractivity contribution in [2.24, 2.45) is 5.92 Å². The summed E-state index contributed by atoms with van der Waals surface area (Å²) >= 11 is 0. The van der Waals surface area contributed by atoms with Crippen LogP contribution in [-0.2, 0) is 4.79 Å². The minimum absolute atomic E-state index is 0.0905. The van der Waals surface area contributed by atoms with Crippen molar-refractivity contribution < 1.29 is 4.79 Å². The van der Waals surface area contributed by atoms with Crippen molar-refractivity contribution in [1.82, 2.24) is 10.2 Å². The molecule has 1 N–H and O–H groups in total. The number of hydrogen-bond acceptors (Lipinski definition) is 2. The van der Waals surface area contributed by atoms with Crippen LogP contribution in [0.25, 0.3) is 0 Å². The summed E-state index contributed by atoms with van der Waals surface area (Å²) in [5, 5.41) is 3.41. The Bertz CT molecular complexity index is 254. The normalized spacial score (nSPS) is 39.9. The van der Waals surface area contributed by atoms with Crippen LogP contribution in [0.2, 0.25) is 0 Å². The van der Waals surface area contributed by atoms with Gasteiger partial charge in [-0.15, -0.1) is 0 Å². The summed E-state index contributed by atoms with van der Waals surface area (Å²) in [5.41, 5.74) is 0. The van der Waals surface area contributed by atoms with E-state index in [0.29, 0.717) is 17.9 Å². The fraction of sp³-hybridized carbons (Fsp3) is 0.917. The molecule has 1 amide bonds. The third-order valence-corrected chi connectivity index (χ3v) is 3.68. The van der Waals surface area contributed by atoms with E-state index in [-0.39, 0.29) is 12.2 Å². The van der Waals surface area contributed by atoms with Crippen LogP contribution in [0.4, 0.5) is 0 Å². The monoisotopic (exact) mass is 210 g/mol. The third-order valence-electron chi connectivity index (χ3n) is 3.68. The lowest BCUT2D eigenvalue weighted by Gasteiger charge is -2.20. The van der Waals surface area contributed by atoms with Gasteiger partial charge in [0.1, 0.15) is 0 Å². The number of amides is 1. The number of nitrogens with one attached hydrogen (secondary N) is 1. The van der Waals surface area contributed by atoms with Gasteiger partial charge in [-0.3, -0.25) is 10.1 Å². The van der Waals surface area contributed by atoms with Crippen molar-refractivity contribution in [2.75, 3.05) is 0 Å². The fourth-order valence-corrected chi connectivity index (χ4v) is 2.57. The second kappa shape index (κ2) is 4.12. The molecule has 0 spiro atoms. The second-order valence-corrected chi connectivity index (χ2v) is 5.06. The molecular formula is C12H22N2O.